The van der Waals surface area contributed by atoms with Crippen molar-refractivity contribution in [3.63, 3.8) is 0 Å². The summed E-state index contributed by atoms with van der Waals surface area (Å²) in [5, 5.41) is 5.34. The van der Waals surface area contributed by atoms with E-state index < -0.39 is 11.9 Å². The van der Waals surface area contributed by atoms with E-state index in [1.165, 1.54) is 64.2 Å². The Kier molecular flexibility index (Phi) is 29.9. The van der Waals surface area contributed by atoms with Gasteiger partial charge in [0, 0.05) is 0 Å². The van der Waals surface area contributed by atoms with Crippen LogP contribution in [0.5, 0.6) is 23.0 Å². The zero-order valence-electron chi connectivity index (χ0n) is 45.2. The number of unbranched alkanes of at least 4 members (excludes halogenated alkanes) is 24. The molecule has 0 heterocycles. The average molecular weight is 969 g/mol. The molecular weight excluding hydrogens is 873 g/mol. The van der Waals surface area contributed by atoms with Crippen LogP contribution in [-0.2, 0) is 9.47 Å². The molecule has 0 atom stereocenters. The molecule has 0 aliphatic rings. The molecule has 0 aliphatic carbocycles. The molecule has 0 saturated carbocycles. The Morgan fingerprint density at radius 1 is 0.271 bits per heavy atom. The Bertz CT molecular complexity index is 1930. The molecule has 0 amide bonds. The number of hydrogen-bond acceptors (Lipinski definition) is 8. The monoisotopic (exact) mass is 969 g/mol. The van der Waals surface area contributed by atoms with Crippen molar-refractivity contribution in [2.24, 2.45) is 0 Å². The van der Waals surface area contributed by atoms with Crippen molar-refractivity contribution in [3.05, 3.63) is 47.5 Å². The lowest BCUT2D eigenvalue weighted by atomic mass is 9.90. The summed E-state index contributed by atoms with van der Waals surface area (Å²) < 4.78 is 38.6. The maximum absolute atomic E-state index is 14.4. The van der Waals surface area contributed by atoms with Crippen molar-refractivity contribution in [1.82, 2.24) is 0 Å². The van der Waals surface area contributed by atoms with E-state index in [1.807, 2.05) is 12.1 Å². The number of esters is 2. The zero-order chi connectivity index (χ0) is 50.0. The van der Waals surface area contributed by atoms with E-state index in [-0.39, 0.29) is 11.1 Å². The third kappa shape index (κ3) is 20.1. The number of fused-ring (bicyclic) bond motifs is 6. The molecule has 0 fully saturated rings. The van der Waals surface area contributed by atoms with Crippen molar-refractivity contribution >= 4 is 44.3 Å². The molecule has 0 unspecified atom stereocenters. The molecule has 0 radical (unpaired) electrons. The van der Waals surface area contributed by atoms with Gasteiger partial charge in [0.2, 0.25) is 0 Å². The first-order valence-electron chi connectivity index (χ1n) is 28.8. The SMILES string of the molecule is CCCCCCCCCOC(=O)c1cc2c3cc(OCCCCCC)c(OCCCCCC)cc3c3cc(OCCCCCC)c(OCCCCCC)cc3c2cc1C(=O)OCCCCCCCCC. The summed E-state index contributed by atoms with van der Waals surface area (Å²) in [5.74, 6) is 1.76. The van der Waals surface area contributed by atoms with Crippen LogP contribution in [-0.4, -0.2) is 51.6 Å². The molecule has 0 aromatic heterocycles. The van der Waals surface area contributed by atoms with Gasteiger partial charge < -0.3 is 28.4 Å². The van der Waals surface area contributed by atoms with Gasteiger partial charge >= 0.3 is 11.9 Å². The van der Waals surface area contributed by atoms with Crippen LogP contribution in [0.3, 0.4) is 0 Å². The van der Waals surface area contributed by atoms with Crippen LogP contribution in [0.15, 0.2) is 36.4 Å². The molecule has 8 nitrogen and oxygen atoms in total. The van der Waals surface area contributed by atoms with E-state index in [4.69, 9.17) is 28.4 Å². The predicted octanol–water partition coefficient (Wildman–Crippen LogP) is 18.8. The highest BCUT2D eigenvalue weighted by molar-refractivity contribution is 6.28. The van der Waals surface area contributed by atoms with E-state index in [1.54, 1.807) is 0 Å². The van der Waals surface area contributed by atoms with Gasteiger partial charge in [0.1, 0.15) is 0 Å². The Balaban J connectivity index is 1.93. The fourth-order valence-electron chi connectivity index (χ4n) is 9.29. The summed E-state index contributed by atoms with van der Waals surface area (Å²) in [6.45, 7) is 16.3. The molecule has 0 N–H and O–H groups in total. The molecule has 4 aromatic carbocycles. The Morgan fingerprint density at radius 3 is 0.729 bits per heavy atom. The second kappa shape index (κ2) is 35.8. The number of rotatable bonds is 42. The van der Waals surface area contributed by atoms with Crippen LogP contribution < -0.4 is 18.9 Å². The largest absolute Gasteiger partial charge is 0.490 e. The van der Waals surface area contributed by atoms with E-state index >= 15 is 0 Å². The maximum atomic E-state index is 14.4. The molecule has 0 bridgehead atoms. The van der Waals surface area contributed by atoms with Gasteiger partial charge in [-0.3, -0.25) is 0 Å². The van der Waals surface area contributed by atoms with Crippen LogP contribution in [0.2, 0.25) is 0 Å². The van der Waals surface area contributed by atoms with E-state index in [0.29, 0.717) is 62.6 Å². The maximum Gasteiger partial charge on any atom is 0.339 e. The Morgan fingerprint density at radius 2 is 0.471 bits per heavy atom. The first-order chi connectivity index (χ1) is 34.4. The summed E-state index contributed by atoms with van der Waals surface area (Å²) in [4.78, 5) is 28.8. The van der Waals surface area contributed by atoms with Crippen molar-refractivity contribution < 1.29 is 38.0 Å². The van der Waals surface area contributed by atoms with Gasteiger partial charge in [-0.25, -0.2) is 9.59 Å². The van der Waals surface area contributed by atoms with Gasteiger partial charge in [-0.1, -0.05) is 196 Å². The van der Waals surface area contributed by atoms with Gasteiger partial charge in [0.05, 0.1) is 50.8 Å². The van der Waals surface area contributed by atoms with Gasteiger partial charge in [-0.05, 0) is 107 Å². The number of hydrogen-bond donors (Lipinski definition) is 0. The van der Waals surface area contributed by atoms with Crippen molar-refractivity contribution in [2.75, 3.05) is 39.6 Å². The van der Waals surface area contributed by atoms with E-state index in [9.17, 15) is 9.59 Å². The van der Waals surface area contributed by atoms with Crippen LogP contribution in [0.25, 0.3) is 32.3 Å². The standard InChI is InChI=1S/C62H96O8/c1-7-13-19-25-27-29-35-41-69-61(63)55-43-49-50(44-56(55)62(64)70-42-36-30-28-26-20-14-8-2)52-46-58(66-38-32-22-16-10-4)60(68-40-34-24-18-12-6)48-54(52)53-47-59(67-39-33-23-17-11-5)57(45-51(49)53)65-37-31-21-15-9-3/h43-48H,7-42H2,1-6H3. The summed E-state index contributed by atoms with van der Waals surface area (Å²) >= 11 is 0. The fraction of sp³-hybridized carbons (Fsp3) is 0.677. The number of carbonyl (C=O) groups excluding carboxylic acids is 2. The lowest BCUT2D eigenvalue weighted by Crippen LogP contribution is -2.15. The molecule has 0 aliphatic heterocycles. The molecule has 70 heavy (non-hydrogen) atoms. The number of ether oxygens (including phenoxy) is 6. The third-order valence-corrected chi connectivity index (χ3v) is 13.6. The van der Waals surface area contributed by atoms with Crippen LogP contribution in [0.4, 0.5) is 0 Å². The Hall–Kier alpha value is -4.20. The highest BCUT2D eigenvalue weighted by Crippen LogP contribution is 2.45. The average Bonchev–Trinajstić information content (AvgIpc) is 3.37. The minimum Gasteiger partial charge on any atom is -0.490 e. The van der Waals surface area contributed by atoms with Gasteiger partial charge in [-0.15, -0.1) is 0 Å². The second-order valence-electron chi connectivity index (χ2n) is 19.8. The topological polar surface area (TPSA) is 89.5 Å². The second-order valence-corrected chi connectivity index (χ2v) is 19.8. The number of benzene rings is 4. The molecule has 4 aromatic rings. The number of carbonyl (C=O) groups is 2. The lowest BCUT2D eigenvalue weighted by molar-refractivity contribution is 0.0450. The molecule has 8 heteroatoms. The predicted molar refractivity (Wildman–Crippen MR) is 294 cm³/mol. The summed E-state index contributed by atoms with van der Waals surface area (Å²) in [6, 6.07) is 12.2. The molecule has 0 saturated heterocycles. The fourth-order valence-corrected chi connectivity index (χ4v) is 9.29. The summed E-state index contributed by atoms with van der Waals surface area (Å²) in [7, 11) is 0. The van der Waals surface area contributed by atoms with Gasteiger partial charge in [0.25, 0.3) is 0 Å². The van der Waals surface area contributed by atoms with Crippen LogP contribution in [0.1, 0.15) is 255 Å². The molecule has 4 rings (SSSR count). The molecule has 0 spiro atoms. The summed E-state index contributed by atoms with van der Waals surface area (Å²) in [6.07, 6.45) is 33.0. The third-order valence-electron chi connectivity index (χ3n) is 13.6. The zero-order valence-corrected chi connectivity index (χ0v) is 45.2. The lowest BCUT2D eigenvalue weighted by Gasteiger charge is -2.20. The smallest absolute Gasteiger partial charge is 0.339 e. The highest BCUT2D eigenvalue weighted by Gasteiger charge is 2.25. The highest BCUT2D eigenvalue weighted by atomic mass is 16.5. The normalized spacial score (nSPS) is 11.5. The van der Waals surface area contributed by atoms with Crippen molar-refractivity contribution in [2.45, 2.75) is 234 Å². The van der Waals surface area contributed by atoms with Crippen molar-refractivity contribution in [1.29, 1.82) is 0 Å². The van der Waals surface area contributed by atoms with E-state index in [0.717, 1.165) is 161 Å². The minimum absolute atomic E-state index is 0.221. The van der Waals surface area contributed by atoms with Crippen molar-refractivity contribution in [3.8, 4) is 23.0 Å². The first-order valence-corrected chi connectivity index (χ1v) is 28.8. The van der Waals surface area contributed by atoms with Gasteiger partial charge in [-0.2, -0.15) is 0 Å². The molecule has 392 valence electrons. The van der Waals surface area contributed by atoms with Crippen LogP contribution in [0, 0.1) is 0 Å². The Labute approximate surface area is 425 Å². The first kappa shape index (κ1) is 58.4. The quantitative estimate of drug-likeness (QED) is 0.0246. The summed E-state index contributed by atoms with van der Waals surface area (Å²) in [5.41, 5.74) is 0.441. The van der Waals surface area contributed by atoms with E-state index in [2.05, 4.69) is 65.8 Å². The van der Waals surface area contributed by atoms with Crippen LogP contribution >= 0.6 is 0 Å². The van der Waals surface area contributed by atoms with Gasteiger partial charge in [0.15, 0.2) is 23.0 Å². The molecular formula is C62H96O8. The minimum atomic E-state index is -0.508.